The van der Waals surface area contributed by atoms with Gasteiger partial charge in [-0.3, -0.25) is 14.3 Å². The van der Waals surface area contributed by atoms with Gasteiger partial charge in [0.05, 0.1) is 40.1 Å². The largest absolute Gasteiger partial charge is 0.394 e. The van der Waals surface area contributed by atoms with E-state index in [0.29, 0.717) is 22.4 Å². The van der Waals surface area contributed by atoms with E-state index in [1.165, 1.54) is 5.56 Å². The minimum absolute atomic E-state index is 0.0517. The first-order chi connectivity index (χ1) is 25.8. The summed E-state index contributed by atoms with van der Waals surface area (Å²) in [6, 6.07) is 29.5. The third kappa shape index (κ3) is 6.86. The second-order valence-electron chi connectivity index (χ2n) is 13.7. The van der Waals surface area contributed by atoms with Crippen molar-refractivity contribution in [3.63, 3.8) is 0 Å². The Balaban J connectivity index is 1.00. The van der Waals surface area contributed by atoms with Gasteiger partial charge >= 0.3 is 5.69 Å². The van der Waals surface area contributed by atoms with Crippen LogP contribution >= 0.6 is 0 Å². The molecule has 0 saturated carbocycles. The highest BCUT2D eigenvalue weighted by Crippen LogP contribution is 2.32. The molecule has 13 heteroatoms. The van der Waals surface area contributed by atoms with Crippen LogP contribution in [0.1, 0.15) is 34.8 Å². The molecule has 5 atom stereocenters. The molecule has 2 unspecified atom stereocenters. The smallest absolute Gasteiger partial charge is 0.326 e. The molecule has 8 rings (SSSR count). The average molecular weight is 717 g/mol. The number of carbonyl (C=O) groups is 1. The number of nitrogens with one attached hydrogen (secondary N) is 2. The molecular weight excluding hydrogens is 676 g/mol. The third-order valence-corrected chi connectivity index (χ3v) is 10.4. The third-order valence-electron chi connectivity index (χ3n) is 10.4. The Morgan fingerprint density at radius 1 is 0.830 bits per heavy atom. The van der Waals surface area contributed by atoms with Gasteiger partial charge in [0.2, 0.25) is 0 Å². The first kappa shape index (κ1) is 34.8. The maximum atomic E-state index is 13.3. The fourth-order valence-corrected chi connectivity index (χ4v) is 7.48. The summed E-state index contributed by atoms with van der Waals surface area (Å²) in [5, 5.41) is 43.0. The fraction of sp³-hybridized carbons (Fsp3) is 0.300. The van der Waals surface area contributed by atoms with Gasteiger partial charge in [0.25, 0.3) is 5.91 Å². The van der Waals surface area contributed by atoms with Gasteiger partial charge in [-0.2, -0.15) is 0 Å². The van der Waals surface area contributed by atoms with Gasteiger partial charge in [-0.15, -0.1) is 0 Å². The van der Waals surface area contributed by atoms with Gasteiger partial charge in [0.15, 0.2) is 6.29 Å². The normalized spacial score (nSPS) is 22.7. The topological polar surface area (TPSA) is 186 Å². The zero-order valence-electron chi connectivity index (χ0n) is 28.7. The predicted octanol–water partition coefficient (Wildman–Crippen LogP) is 2.97. The Labute approximate surface area is 304 Å². The van der Waals surface area contributed by atoms with E-state index in [2.05, 4.69) is 39.5 Å². The van der Waals surface area contributed by atoms with Crippen LogP contribution in [0.4, 0.5) is 0 Å². The van der Waals surface area contributed by atoms with Crippen molar-refractivity contribution < 1.29 is 30.0 Å². The number of aliphatic hydroxyl groups is 4. The Kier molecular flexibility index (Phi) is 9.60. The minimum atomic E-state index is -1.64. The van der Waals surface area contributed by atoms with Crippen molar-refractivity contribution >= 4 is 28.0 Å². The lowest BCUT2D eigenvalue weighted by molar-refractivity contribution is -0.252. The number of ether oxygens (including phenoxy) is 1. The number of aromatic nitrogens is 4. The molecule has 0 radical (unpaired) electrons. The molecule has 2 saturated heterocycles. The number of rotatable bonds is 8. The van der Waals surface area contributed by atoms with E-state index < -0.39 is 43.2 Å². The van der Waals surface area contributed by atoms with Crippen molar-refractivity contribution in [2.75, 3.05) is 19.7 Å². The van der Waals surface area contributed by atoms with E-state index in [9.17, 15) is 30.0 Å². The van der Waals surface area contributed by atoms with Crippen molar-refractivity contribution in [3.8, 4) is 22.5 Å². The summed E-state index contributed by atoms with van der Waals surface area (Å²) in [5.74, 6) is -0.618. The number of piperidine rings is 1. The molecule has 0 bridgehead atoms. The number of aliphatic hydroxyl groups excluding tert-OH is 4. The van der Waals surface area contributed by atoms with E-state index in [1.807, 2.05) is 59.2 Å². The number of fused-ring (bicyclic) bond motifs is 2. The molecule has 13 nitrogen and oxygen atoms in total. The highest BCUT2D eigenvalue weighted by molar-refractivity contribution is 5.98. The lowest BCUT2D eigenvalue weighted by Gasteiger charge is -2.40. The van der Waals surface area contributed by atoms with Crippen LogP contribution in [0.25, 0.3) is 44.6 Å². The first-order valence-electron chi connectivity index (χ1n) is 17.8. The van der Waals surface area contributed by atoms with Crippen molar-refractivity contribution in [2.45, 2.75) is 56.1 Å². The molecule has 0 spiro atoms. The molecule has 2 fully saturated rings. The molecule has 0 aliphatic carbocycles. The summed E-state index contributed by atoms with van der Waals surface area (Å²) in [5.41, 5.74) is 7.26. The summed E-state index contributed by atoms with van der Waals surface area (Å²) in [6.45, 7) is 1.95. The number of para-hydroxylation sites is 2. The lowest BCUT2D eigenvalue weighted by atomic mass is 9.96. The van der Waals surface area contributed by atoms with Gasteiger partial charge in [-0.1, -0.05) is 66.7 Å². The number of benzene rings is 4. The van der Waals surface area contributed by atoms with Gasteiger partial charge in [0.1, 0.15) is 24.4 Å². The van der Waals surface area contributed by atoms with Crippen molar-refractivity contribution in [3.05, 3.63) is 119 Å². The Morgan fingerprint density at radius 3 is 2.25 bits per heavy atom. The van der Waals surface area contributed by atoms with Crippen LogP contribution in [-0.2, 0) is 11.3 Å². The van der Waals surface area contributed by atoms with Crippen molar-refractivity contribution in [1.29, 1.82) is 0 Å². The highest BCUT2D eigenvalue weighted by atomic mass is 16.6. The zero-order chi connectivity index (χ0) is 36.6. The van der Waals surface area contributed by atoms with Crippen molar-refractivity contribution in [1.82, 2.24) is 29.7 Å². The zero-order valence-corrected chi connectivity index (χ0v) is 28.7. The average Bonchev–Trinajstić information content (AvgIpc) is 3.53. The second kappa shape index (κ2) is 14.6. The molecule has 6 aromatic rings. The van der Waals surface area contributed by atoms with E-state index in [1.54, 1.807) is 18.2 Å². The van der Waals surface area contributed by atoms with Crippen LogP contribution in [0, 0.1) is 0 Å². The Hall–Kier alpha value is -5.28. The van der Waals surface area contributed by atoms with Crippen LogP contribution in [0.3, 0.4) is 0 Å². The number of hydrogen-bond donors (Lipinski definition) is 6. The number of imidazole rings is 1. The highest BCUT2D eigenvalue weighted by Gasteiger charge is 2.44. The van der Waals surface area contributed by atoms with E-state index >= 15 is 0 Å². The molecule has 4 heterocycles. The van der Waals surface area contributed by atoms with Crippen LogP contribution < -0.4 is 11.0 Å². The van der Waals surface area contributed by atoms with Crippen molar-refractivity contribution in [2.24, 2.45) is 0 Å². The van der Waals surface area contributed by atoms with Gasteiger partial charge in [-0.25, -0.2) is 14.8 Å². The second-order valence-corrected chi connectivity index (χ2v) is 13.7. The van der Waals surface area contributed by atoms with E-state index in [-0.39, 0.29) is 17.3 Å². The summed E-state index contributed by atoms with van der Waals surface area (Å²) in [7, 11) is 0. The van der Waals surface area contributed by atoms with Gasteiger partial charge in [0, 0.05) is 42.4 Å². The SMILES string of the molecule is O=C(NC1C(O)O[C@H](CO)[C@@H](O)[C@@H]1O)c1ccc2nc(-c3ccc(CN4CCC(n5c(=O)[nH]c6ccccc65)CC4)cc3)c(-c3ccccc3)nc2c1. The molecule has 272 valence electrons. The molecule has 53 heavy (non-hydrogen) atoms. The predicted molar refractivity (Wildman–Crippen MR) is 198 cm³/mol. The molecule has 2 aliphatic rings. The Bertz CT molecular complexity index is 2300. The van der Waals surface area contributed by atoms with Crippen LogP contribution in [0.2, 0.25) is 0 Å². The minimum Gasteiger partial charge on any atom is -0.394 e. The molecular formula is C40H40N6O7. The maximum Gasteiger partial charge on any atom is 0.326 e. The van der Waals surface area contributed by atoms with Gasteiger partial charge in [-0.05, 0) is 48.7 Å². The quantitative estimate of drug-likeness (QED) is 0.137. The number of carbonyl (C=O) groups excluding carboxylic acids is 1. The summed E-state index contributed by atoms with van der Waals surface area (Å²) < 4.78 is 7.09. The van der Waals surface area contributed by atoms with E-state index in [0.717, 1.165) is 54.6 Å². The summed E-state index contributed by atoms with van der Waals surface area (Å²) in [4.78, 5) is 41.4. The number of aromatic amines is 1. The first-order valence-corrected chi connectivity index (χ1v) is 17.8. The lowest BCUT2D eigenvalue weighted by Crippen LogP contribution is -2.64. The standard InChI is InChI=1S/C40H40N6O7/c47-22-32-36(48)37(49)35(39(51)53-32)44-38(50)26-14-15-28-30(20-26)42-33(24-6-2-1-3-7-24)34(41-28)25-12-10-23(11-13-25)21-45-18-16-27(17-19-45)46-31-9-5-4-8-29(31)43-40(46)52/h1-15,20,27,32,35-37,39,47-49,51H,16-19,21-22H2,(H,43,52)(H,44,50)/t32-,35?,36-,37-,39?/m1/s1. The summed E-state index contributed by atoms with van der Waals surface area (Å²) >= 11 is 0. The number of H-pyrrole nitrogens is 1. The number of hydrogen-bond acceptors (Lipinski definition) is 10. The number of amides is 1. The van der Waals surface area contributed by atoms with Crippen LogP contribution in [-0.4, -0.2) is 101 Å². The fourth-order valence-electron chi connectivity index (χ4n) is 7.48. The van der Waals surface area contributed by atoms with Crippen LogP contribution in [0.5, 0.6) is 0 Å². The van der Waals surface area contributed by atoms with Crippen LogP contribution in [0.15, 0.2) is 102 Å². The number of nitrogens with zero attached hydrogens (tertiary/aromatic N) is 4. The molecule has 2 aliphatic heterocycles. The van der Waals surface area contributed by atoms with Gasteiger partial charge < -0.3 is 35.5 Å². The summed E-state index contributed by atoms with van der Waals surface area (Å²) in [6.07, 6.45) is -4.09. The molecule has 4 aromatic carbocycles. The monoisotopic (exact) mass is 716 g/mol. The van der Waals surface area contributed by atoms with E-state index in [4.69, 9.17) is 14.7 Å². The Morgan fingerprint density at radius 2 is 1.51 bits per heavy atom. The molecule has 1 amide bonds. The molecule has 2 aromatic heterocycles. The maximum absolute atomic E-state index is 13.3. The number of likely N-dealkylation sites (tertiary alicyclic amines) is 1. The molecule has 6 N–H and O–H groups in total.